The van der Waals surface area contributed by atoms with Crippen LogP contribution in [-0.4, -0.2) is 25.9 Å². The van der Waals surface area contributed by atoms with E-state index >= 15 is 0 Å². The van der Waals surface area contributed by atoms with Gasteiger partial charge in [-0.25, -0.2) is 9.67 Å². The summed E-state index contributed by atoms with van der Waals surface area (Å²) in [5, 5.41) is 15.6. The minimum absolute atomic E-state index is 0.257. The van der Waals surface area contributed by atoms with Crippen molar-refractivity contribution in [2.24, 2.45) is 0 Å². The molecular formula is C23H17N5OS. The molecule has 7 heteroatoms. The molecule has 30 heavy (non-hydrogen) atoms. The maximum Gasteiger partial charge on any atom is 0.279 e. The van der Waals surface area contributed by atoms with Gasteiger partial charge in [-0.1, -0.05) is 78.0 Å². The van der Waals surface area contributed by atoms with E-state index < -0.39 is 0 Å². The molecule has 0 aliphatic rings. The largest absolute Gasteiger partial charge is 0.296 e. The number of thiazole rings is 1. The summed E-state index contributed by atoms with van der Waals surface area (Å²) < 4.78 is 1.65. The molecule has 0 bridgehead atoms. The molecule has 5 aromatic rings. The predicted octanol–water partition coefficient (Wildman–Crippen LogP) is 4.86. The van der Waals surface area contributed by atoms with Gasteiger partial charge in [-0.15, -0.1) is 16.4 Å². The number of hydrogen-bond acceptors (Lipinski definition) is 5. The third-order valence-electron chi connectivity index (χ3n) is 4.75. The van der Waals surface area contributed by atoms with Gasteiger partial charge in [-0.3, -0.25) is 10.1 Å². The van der Waals surface area contributed by atoms with Crippen LogP contribution in [0.15, 0.2) is 84.4 Å². The number of carbonyl (C=O) groups excluding carboxylic acids is 1. The van der Waals surface area contributed by atoms with Gasteiger partial charge in [-0.2, -0.15) is 0 Å². The van der Waals surface area contributed by atoms with Gasteiger partial charge in [0.15, 0.2) is 10.8 Å². The number of nitrogens with zero attached hydrogens (tertiary/aromatic N) is 4. The summed E-state index contributed by atoms with van der Waals surface area (Å²) in [6, 6.07) is 24.2. The highest BCUT2D eigenvalue weighted by Crippen LogP contribution is 2.31. The van der Waals surface area contributed by atoms with E-state index in [1.165, 1.54) is 11.3 Å². The second-order valence-corrected chi connectivity index (χ2v) is 7.66. The van der Waals surface area contributed by atoms with Gasteiger partial charge in [0.05, 0.1) is 18.4 Å². The lowest BCUT2D eigenvalue weighted by atomic mass is 10.0. The van der Waals surface area contributed by atoms with Gasteiger partial charge in [0.2, 0.25) is 0 Å². The lowest BCUT2D eigenvalue weighted by Crippen LogP contribution is -2.12. The van der Waals surface area contributed by atoms with E-state index in [0.717, 1.165) is 27.6 Å². The normalized spacial score (nSPS) is 10.9. The predicted molar refractivity (Wildman–Crippen MR) is 119 cm³/mol. The maximum atomic E-state index is 12.6. The van der Waals surface area contributed by atoms with E-state index in [2.05, 4.69) is 38.8 Å². The van der Waals surface area contributed by atoms with Crippen LogP contribution in [0.5, 0.6) is 0 Å². The number of nitrogens with one attached hydrogen (secondary N) is 1. The van der Waals surface area contributed by atoms with E-state index in [4.69, 9.17) is 0 Å². The van der Waals surface area contributed by atoms with Crippen molar-refractivity contribution < 1.29 is 4.79 Å². The van der Waals surface area contributed by atoms with E-state index in [1.807, 2.05) is 60.0 Å². The van der Waals surface area contributed by atoms with E-state index in [9.17, 15) is 4.79 Å². The number of amides is 1. The second kappa shape index (κ2) is 7.88. The van der Waals surface area contributed by atoms with Gasteiger partial charge >= 0.3 is 0 Å². The van der Waals surface area contributed by atoms with Gasteiger partial charge < -0.3 is 0 Å². The molecule has 5 rings (SSSR count). The Bertz CT molecular complexity index is 1320. The first-order valence-electron chi connectivity index (χ1n) is 9.45. The van der Waals surface area contributed by atoms with Crippen molar-refractivity contribution in [3.05, 3.63) is 95.6 Å². The van der Waals surface area contributed by atoms with Crippen molar-refractivity contribution in [1.82, 2.24) is 20.0 Å². The molecule has 0 saturated carbocycles. The van der Waals surface area contributed by atoms with E-state index in [1.54, 1.807) is 10.9 Å². The molecule has 0 spiro atoms. The summed E-state index contributed by atoms with van der Waals surface area (Å²) in [4.78, 5) is 17.2. The third kappa shape index (κ3) is 3.70. The summed E-state index contributed by atoms with van der Waals surface area (Å²) in [6.07, 6.45) is 1.64. The molecule has 0 aliphatic heterocycles. The van der Waals surface area contributed by atoms with Crippen molar-refractivity contribution in [2.45, 2.75) is 6.54 Å². The number of rotatable bonds is 5. The van der Waals surface area contributed by atoms with Crippen LogP contribution in [0.2, 0.25) is 0 Å². The molecule has 0 saturated heterocycles. The lowest BCUT2D eigenvalue weighted by molar-refractivity contribution is 0.102. The van der Waals surface area contributed by atoms with Gasteiger partial charge in [0, 0.05) is 10.9 Å². The first kappa shape index (κ1) is 18.2. The molecule has 1 N–H and O–H groups in total. The molecule has 6 nitrogen and oxygen atoms in total. The topological polar surface area (TPSA) is 72.7 Å². The summed E-state index contributed by atoms with van der Waals surface area (Å²) in [5.41, 5.74) is 3.22. The minimum Gasteiger partial charge on any atom is -0.296 e. The molecule has 146 valence electrons. The van der Waals surface area contributed by atoms with Crippen molar-refractivity contribution in [1.29, 1.82) is 0 Å². The van der Waals surface area contributed by atoms with Crippen LogP contribution in [-0.2, 0) is 6.54 Å². The molecule has 0 aliphatic carbocycles. The maximum absolute atomic E-state index is 12.6. The van der Waals surface area contributed by atoms with Crippen molar-refractivity contribution in [3.63, 3.8) is 0 Å². The zero-order chi connectivity index (χ0) is 20.3. The average molecular weight is 411 g/mol. The van der Waals surface area contributed by atoms with Crippen LogP contribution >= 0.6 is 11.3 Å². The number of hydrogen-bond donors (Lipinski definition) is 1. The first-order chi connectivity index (χ1) is 14.8. The van der Waals surface area contributed by atoms with E-state index in [-0.39, 0.29) is 11.6 Å². The Kier molecular flexibility index (Phi) is 4.78. The highest BCUT2D eigenvalue weighted by atomic mass is 32.1. The van der Waals surface area contributed by atoms with Crippen LogP contribution in [0, 0.1) is 0 Å². The molecule has 1 amide bonds. The van der Waals surface area contributed by atoms with Crippen molar-refractivity contribution in [2.75, 3.05) is 5.32 Å². The molecule has 0 radical (unpaired) electrons. The molecule has 0 atom stereocenters. The minimum atomic E-state index is -0.326. The molecule has 2 heterocycles. The smallest absolute Gasteiger partial charge is 0.279 e. The van der Waals surface area contributed by atoms with Gasteiger partial charge in [0.25, 0.3) is 5.91 Å². The highest BCUT2D eigenvalue weighted by Gasteiger charge is 2.14. The fourth-order valence-corrected chi connectivity index (χ4v) is 4.02. The van der Waals surface area contributed by atoms with Crippen LogP contribution in [0.4, 0.5) is 5.13 Å². The second-order valence-electron chi connectivity index (χ2n) is 6.81. The summed E-state index contributed by atoms with van der Waals surface area (Å²) in [7, 11) is 0. The Morgan fingerprint density at radius 2 is 1.77 bits per heavy atom. The summed E-state index contributed by atoms with van der Waals surface area (Å²) in [6.45, 7) is 0.559. The number of anilines is 1. The summed E-state index contributed by atoms with van der Waals surface area (Å²) >= 11 is 1.39. The molecular weight excluding hydrogens is 394 g/mol. The average Bonchev–Trinajstić information content (AvgIpc) is 3.44. The zero-order valence-corrected chi connectivity index (χ0v) is 16.7. The molecule has 2 aromatic heterocycles. The first-order valence-corrected chi connectivity index (χ1v) is 10.3. The Morgan fingerprint density at radius 1 is 0.967 bits per heavy atom. The number of benzene rings is 3. The third-order valence-corrected chi connectivity index (χ3v) is 5.51. The van der Waals surface area contributed by atoms with Crippen molar-refractivity contribution in [3.8, 4) is 11.3 Å². The van der Waals surface area contributed by atoms with Crippen LogP contribution in [0.1, 0.15) is 16.1 Å². The number of fused-ring (bicyclic) bond motifs is 1. The van der Waals surface area contributed by atoms with Gasteiger partial charge in [-0.05, 0) is 16.3 Å². The highest BCUT2D eigenvalue weighted by molar-refractivity contribution is 7.14. The number of aromatic nitrogens is 4. The quantitative estimate of drug-likeness (QED) is 0.448. The van der Waals surface area contributed by atoms with Gasteiger partial charge in [0.1, 0.15) is 0 Å². The van der Waals surface area contributed by atoms with E-state index in [0.29, 0.717) is 11.7 Å². The van der Waals surface area contributed by atoms with Crippen LogP contribution < -0.4 is 5.32 Å². The van der Waals surface area contributed by atoms with Crippen LogP contribution in [0.25, 0.3) is 22.0 Å². The Hall–Kier alpha value is -3.84. The fraction of sp³-hybridized carbons (Fsp3) is 0.0435. The monoisotopic (exact) mass is 411 g/mol. The SMILES string of the molecule is O=C(Nc1nc(-c2cccc3ccccc23)cs1)c1cn(Cc2ccccc2)nn1. The van der Waals surface area contributed by atoms with Crippen LogP contribution in [0.3, 0.4) is 0 Å². The Balaban J connectivity index is 1.32. The fourth-order valence-electron chi connectivity index (χ4n) is 3.31. The lowest BCUT2D eigenvalue weighted by Gasteiger charge is -2.03. The molecule has 0 fully saturated rings. The number of carbonyl (C=O) groups is 1. The Morgan fingerprint density at radius 3 is 2.67 bits per heavy atom. The Labute approximate surface area is 176 Å². The molecule has 0 unspecified atom stereocenters. The standard InChI is InChI=1S/C23H17N5OS/c29-22(20-14-28(27-26-20)13-16-7-2-1-3-8-16)25-23-24-21(15-30-23)19-12-6-10-17-9-4-5-11-18(17)19/h1-12,14-15H,13H2,(H,24,25,29). The van der Waals surface area contributed by atoms with Crippen molar-refractivity contribution >= 4 is 33.1 Å². The zero-order valence-electron chi connectivity index (χ0n) is 15.9. The molecule has 3 aromatic carbocycles. The summed E-state index contributed by atoms with van der Waals surface area (Å²) in [5.74, 6) is -0.326.